The molecule has 0 aliphatic rings. The van der Waals surface area contributed by atoms with Crippen LogP contribution in [0.2, 0.25) is 0 Å². The molecule has 0 saturated heterocycles. The lowest BCUT2D eigenvalue weighted by molar-refractivity contribution is -0.118. The van der Waals surface area contributed by atoms with E-state index >= 15 is 0 Å². The first-order valence-corrected chi connectivity index (χ1v) is 7.31. The number of aromatic nitrogens is 3. The predicted molar refractivity (Wildman–Crippen MR) is 79.2 cm³/mol. The summed E-state index contributed by atoms with van der Waals surface area (Å²) in [5.74, 6) is -0.308. The van der Waals surface area contributed by atoms with Crippen molar-refractivity contribution in [1.82, 2.24) is 20.1 Å². The SMILES string of the molecule is C=CCn1cnnc1SCC(=O)NCc1ccccc1F. The van der Waals surface area contributed by atoms with Crippen molar-refractivity contribution in [2.45, 2.75) is 18.2 Å². The Labute approximate surface area is 126 Å². The van der Waals surface area contributed by atoms with Crippen LogP contribution in [0.5, 0.6) is 0 Å². The average molecular weight is 306 g/mol. The Kier molecular flexibility index (Phi) is 5.51. The monoisotopic (exact) mass is 306 g/mol. The number of allylic oxidation sites excluding steroid dienone is 1. The molecule has 1 heterocycles. The second-order valence-electron chi connectivity index (χ2n) is 4.21. The minimum absolute atomic E-state index is 0.172. The molecule has 0 saturated carbocycles. The molecule has 2 aromatic rings. The Hall–Kier alpha value is -2.15. The third kappa shape index (κ3) is 4.42. The minimum atomic E-state index is -0.323. The van der Waals surface area contributed by atoms with Gasteiger partial charge in [0.2, 0.25) is 5.91 Å². The average Bonchev–Trinajstić information content (AvgIpc) is 2.92. The lowest BCUT2D eigenvalue weighted by Gasteiger charge is -2.06. The Morgan fingerprint density at radius 2 is 2.29 bits per heavy atom. The summed E-state index contributed by atoms with van der Waals surface area (Å²) in [6.45, 7) is 4.40. The quantitative estimate of drug-likeness (QED) is 0.628. The van der Waals surface area contributed by atoms with Crippen LogP contribution in [0, 0.1) is 5.82 Å². The fourth-order valence-corrected chi connectivity index (χ4v) is 2.39. The van der Waals surface area contributed by atoms with Gasteiger partial charge in [0.15, 0.2) is 5.16 Å². The lowest BCUT2D eigenvalue weighted by Crippen LogP contribution is -2.25. The van der Waals surface area contributed by atoms with Gasteiger partial charge in [-0.3, -0.25) is 4.79 Å². The molecule has 21 heavy (non-hydrogen) atoms. The topological polar surface area (TPSA) is 59.8 Å². The van der Waals surface area contributed by atoms with Crippen molar-refractivity contribution in [2.75, 3.05) is 5.75 Å². The zero-order valence-corrected chi connectivity index (χ0v) is 12.1. The van der Waals surface area contributed by atoms with E-state index in [-0.39, 0.29) is 24.0 Å². The van der Waals surface area contributed by atoms with Gasteiger partial charge in [0.25, 0.3) is 0 Å². The van der Waals surface area contributed by atoms with Crippen molar-refractivity contribution in [3.8, 4) is 0 Å². The fourth-order valence-electron chi connectivity index (χ4n) is 1.64. The van der Waals surface area contributed by atoms with E-state index in [1.165, 1.54) is 17.8 Å². The standard InChI is InChI=1S/C14H15FN4OS/c1-2-7-19-10-17-18-14(19)21-9-13(20)16-8-11-5-3-4-6-12(11)15/h2-6,10H,1,7-9H2,(H,16,20). The predicted octanol–water partition coefficient (Wildman–Crippen LogP) is 2.01. The zero-order chi connectivity index (χ0) is 15.1. The number of carbonyl (C=O) groups excluding carboxylic acids is 1. The van der Waals surface area contributed by atoms with Crippen molar-refractivity contribution in [1.29, 1.82) is 0 Å². The Bertz CT molecular complexity index is 629. The number of nitrogens with zero attached hydrogens (tertiary/aromatic N) is 3. The molecule has 0 fully saturated rings. The maximum atomic E-state index is 13.4. The van der Waals surface area contributed by atoms with Gasteiger partial charge >= 0.3 is 0 Å². The number of carbonyl (C=O) groups is 1. The van der Waals surface area contributed by atoms with Crippen molar-refractivity contribution in [3.05, 3.63) is 54.6 Å². The van der Waals surface area contributed by atoms with Crippen molar-refractivity contribution >= 4 is 17.7 Å². The molecule has 5 nitrogen and oxygen atoms in total. The highest BCUT2D eigenvalue weighted by atomic mass is 32.2. The van der Waals surface area contributed by atoms with Crippen LogP contribution in [0.3, 0.4) is 0 Å². The van der Waals surface area contributed by atoms with Gasteiger partial charge in [-0.15, -0.1) is 16.8 Å². The number of amides is 1. The van der Waals surface area contributed by atoms with Crippen LogP contribution in [0.1, 0.15) is 5.56 Å². The highest BCUT2D eigenvalue weighted by Gasteiger charge is 2.08. The number of hydrogen-bond donors (Lipinski definition) is 1. The lowest BCUT2D eigenvalue weighted by atomic mass is 10.2. The maximum absolute atomic E-state index is 13.4. The fraction of sp³-hybridized carbons (Fsp3) is 0.214. The summed E-state index contributed by atoms with van der Waals surface area (Å²) in [7, 11) is 0. The minimum Gasteiger partial charge on any atom is -0.351 e. The van der Waals surface area contributed by atoms with Gasteiger partial charge < -0.3 is 9.88 Å². The van der Waals surface area contributed by atoms with E-state index in [9.17, 15) is 9.18 Å². The van der Waals surface area contributed by atoms with Crippen molar-refractivity contribution < 1.29 is 9.18 Å². The van der Waals surface area contributed by atoms with Crippen LogP contribution in [0.15, 0.2) is 48.4 Å². The van der Waals surface area contributed by atoms with E-state index in [2.05, 4.69) is 22.1 Å². The van der Waals surface area contributed by atoms with Crippen LogP contribution < -0.4 is 5.32 Å². The molecule has 1 aromatic heterocycles. The Morgan fingerprint density at radius 1 is 1.48 bits per heavy atom. The second kappa shape index (κ2) is 7.58. The van der Waals surface area contributed by atoms with E-state index in [1.54, 1.807) is 35.2 Å². The number of benzene rings is 1. The first kappa shape index (κ1) is 15.2. The second-order valence-corrected chi connectivity index (χ2v) is 5.15. The summed E-state index contributed by atoms with van der Waals surface area (Å²) in [5.41, 5.74) is 0.464. The molecule has 1 amide bonds. The molecule has 1 aromatic carbocycles. The van der Waals surface area contributed by atoms with Crippen molar-refractivity contribution in [2.24, 2.45) is 0 Å². The zero-order valence-electron chi connectivity index (χ0n) is 11.3. The molecule has 1 N–H and O–H groups in total. The molecule has 0 unspecified atom stereocenters. The normalized spacial score (nSPS) is 10.3. The van der Waals surface area contributed by atoms with Crippen LogP contribution in [0.4, 0.5) is 4.39 Å². The molecule has 0 bridgehead atoms. The van der Waals surface area contributed by atoms with E-state index in [4.69, 9.17) is 0 Å². The van der Waals surface area contributed by atoms with Crippen molar-refractivity contribution in [3.63, 3.8) is 0 Å². The van der Waals surface area contributed by atoms with Crippen LogP contribution >= 0.6 is 11.8 Å². The van der Waals surface area contributed by atoms with E-state index in [0.29, 0.717) is 17.3 Å². The van der Waals surface area contributed by atoms with Crippen LogP contribution in [0.25, 0.3) is 0 Å². The summed E-state index contributed by atoms with van der Waals surface area (Å²) in [5, 5.41) is 11.0. The van der Waals surface area contributed by atoms with Gasteiger partial charge in [-0.2, -0.15) is 0 Å². The maximum Gasteiger partial charge on any atom is 0.230 e. The molecule has 0 aliphatic carbocycles. The molecule has 110 valence electrons. The molecule has 2 rings (SSSR count). The van der Waals surface area contributed by atoms with E-state index in [1.807, 2.05) is 0 Å². The van der Waals surface area contributed by atoms with E-state index in [0.717, 1.165) is 0 Å². The molecule has 0 spiro atoms. The molecule has 0 aliphatic heterocycles. The van der Waals surface area contributed by atoms with E-state index < -0.39 is 0 Å². The summed E-state index contributed by atoms with van der Waals surface area (Å²) in [4.78, 5) is 11.8. The third-order valence-electron chi connectivity index (χ3n) is 2.67. The molecule has 0 radical (unpaired) electrons. The number of rotatable bonds is 7. The molecular weight excluding hydrogens is 291 g/mol. The first-order valence-electron chi connectivity index (χ1n) is 6.32. The highest BCUT2D eigenvalue weighted by Crippen LogP contribution is 2.14. The van der Waals surface area contributed by atoms with Gasteiger partial charge in [0, 0.05) is 18.7 Å². The molecule has 0 atom stereocenters. The number of nitrogens with one attached hydrogen (secondary N) is 1. The van der Waals surface area contributed by atoms with Gasteiger partial charge in [-0.05, 0) is 6.07 Å². The molecular formula is C14H15FN4OS. The number of thioether (sulfide) groups is 1. The third-order valence-corrected chi connectivity index (χ3v) is 3.65. The molecule has 7 heteroatoms. The smallest absolute Gasteiger partial charge is 0.230 e. The van der Waals surface area contributed by atoms with Crippen LogP contribution in [-0.2, 0) is 17.9 Å². The summed E-state index contributed by atoms with van der Waals surface area (Å²) in [6.07, 6.45) is 3.31. The Morgan fingerprint density at radius 3 is 3.05 bits per heavy atom. The Balaban J connectivity index is 1.81. The largest absolute Gasteiger partial charge is 0.351 e. The summed E-state index contributed by atoms with van der Waals surface area (Å²) in [6, 6.07) is 6.36. The van der Waals surface area contributed by atoms with Crippen LogP contribution in [-0.4, -0.2) is 26.4 Å². The first-order chi connectivity index (χ1) is 10.2. The number of halogens is 1. The number of hydrogen-bond acceptors (Lipinski definition) is 4. The van der Waals surface area contributed by atoms with Gasteiger partial charge in [-0.1, -0.05) is 36.0 Å². The van der Waals surface area contributed by atoms with Gasteiger partial charge in [-0.25, -0.2) is 4.39 Å². The summed E-state index contributed by atoms with van der Waals surface area (Å²) >= 11 is 1.28. The van der Waals surface area contributed by atoms with Gasteiger partial charge in [0.05, 0.1) is 5.75 Å². The summed E-state index contributed by atoms with van der Waals surface area (Å²) < 4.78 is 15.2. The highest BCUT2D eigenvalue weighted by molar-refractivity contribution is 7.99. The van der Waals surface area contributed by atoms with Gasteiger partial charge in [0.1, 0.15) is 12.1 Å².